The van der Waals surface area contributed by atoms with Crippen molar-refractivity contribution >= 4 is 23.7 Å². The largest absolute Gasteiger partial charge is 0.478 e. The molecule has 108 valence electrons. The molecule has 0 heterocycles. The molecule has 0 aliphatic heterocycles. The van der Waals surface area contributed by atoms with Crippen LogP contribution in [-0.2, 0) is 9.59 Å². The molecule has 0 aromatic carbocycles. The van der Waals surface area contributed by atoms with Gasteiger partial charge in [-0.15, -0.1) is 0 Å². The molecular weight excluding hydrogens is 268 g/mol. The monoisotopic (exact) mass is 288 g/mol. The number of carbonyl (C=O) groups is 2. The van der Waals surface area contributed by atoms with Gasteiger partial charge in [-0.2, -0.15) is 11.8 Å². The molecule has 0 saturated heterocycles. The van der Waals surface area contributed by atoms with E-state index < -0.39 is 11.9 Å². The average Bonchev–Trinajstić information content (AvgIpc) is 2.25. The van der Waals surface area contributed by atoms with Crippen molar-refractivity contribution in [3.05, 3.63) is 22.5 Å². The van der Waals surface area contributed by atoms with Gasteiger partial charge in [0.25, 0.3) is 0 Å². The van der Waals surface area contributed by atoms with E-state index in [-0.39, 0.29) is 11.1 Å². The average molecular weight is 288 g/mol. The first-order valence-electron chi connectivity index (χ1n) is 5.72. The van der Waals surface area contributed by atoms with Crippen molar-refractivity contribution in [2.45, 2.75) is 26.7 Å². The van der Waals surface area contributed by atoms with Gasteiger partial charge < -0.3 is 21.7 Å². The Hall–Kier alpha value is -1.63. The molecule has 7 heteroatoms. The van der Waals surface area contributed by atoms with Crippen molar-refractivity contribution in [2.24, 2.45) is 11.5 Å². The zero-order valence-electron chi connectivity index (χ0n) is 11.1. The van der Waals surface area contributed by atoms with E-state index in [2.05, 4.69) is 0 Å². The molecule has 0 aromatic heterocycles. The summed E-state index contributed by atoms with van der Waals surface area (Å²) in [6, 6.07) is 0. The number of carboxylic acid groups (broad SMARTS) is 2. The Labute approximate surface area is 116 Å². The van der Waals surface area contributed by atoms with Crippen molar-refractivity contribution in [3.63, 3.8) is 0 Å². The summed E-state index contributed by atoms with van der Waals surface area (Å²) >= 11 is 1.47. The summed E-state index contributed by atoms with van der Waals surface area (Å²) in [6.45, 7) is 3.11. The zero-order chi connectivity index (χ0) is 15.0. The molecule has 0 aromatic rings. The van der Waals surface area contributed by atoms with Crippen molar-refractivity contribution < 1.29 is 19.8 Å². The fourth-order valence-electron chi connectivity index (χ4n) is 1.40. The smallest absolute Gasteiger partial charge is 0.333 e. The molecule has 0 fully saturated rings. The van der Waals surface area contributed by atoms with Gasteiger partial charge in [-0.1, -0.05) is 0 Å². The molecule has 0 atom stereocenters. The molecule has 0 spiro atoms. The van der Waals surface area contributed by atoms with Crippen molar-refractivity contribution in [1.82, 2.24) is 0 Å². The molecular formula is C12H20N2O4S. The van der Waals surface area contributed by atoms with Crippen LogP contribution >= 0.6 is 11.8 Å². The fourth-order valence-corrected chi connectivity index (χ4v) is 2.30. The summed E-state index contributed by atoms with van der Waals surface area (Å²) in [4.78, 5) is 21.7. The van der Waals surface area contributed by atoms with Gasteiger partial charge in [0.2, 0.25) is 0 Å². The van der Waals surface area contributed by atoms with Gasteiger partial charge >= 0.3 is 11.9 Å². The fraction of sp³-hybridized carbons (Fsp3) is 0.500. The number of thioether (sulfide) groups is 1. The molecule has 0 saturated carbocycles. The van der Waals surface area contributed by atoms with Crippen LogP contribution in [0, 0.1) is 0 Å². The van der Waals surface area contributed by atoms with Crippen LogP contribution in [0.25, 0.3) is 0 Å². The quantitative estimate of drug-likeness (QED) is 0.389. The molecule has 0 aliphatic rings. The summed E-state index contributed by atoms with van der Waals surface area (Å²) in [5.74, 6) is -0.867. The van der Waals surface area contributed by atoms with Gasteiger partial charge in [0, 0.05) is 11.4 Å². The minimum absolute atomic E-state index is 0.205. The zero-order valence-corrected chi connectivity index (χ0v) is 11.9. The van der Waals surface area contributed by atoms with Gasteiger partial charge in [0.15, 0.2) is 0 Å². The van der Waals surface area contributed by atoms with Crippen LogP contribution in [0.1, 0.15) is 26.7 Å². The molecule has 0 amide bonds. The number of hydrogen-bond acceptors (Lipinski definition) is 5. The van der Waals surface area contributed by atoms with E-state index in [0.29, 0.717) is 35.7 Å². The molecule has 0 radical (unpaired) electrons. The number of rotatable bonds is 8. The predicted molar refractivity (Wildman–Crippen MR) is 75.6 cm³/mol. The Morgan fingerprint density at radius 1 is 0.895 bits per heavy atom. The molecule has 6 N–H and O–H groups in total. The summed E-state index contributed by atoms with van der Waals surface area (Å²) < 4.78 is 0. The summed E-state index contributed by atoms with van der Waals surface area (Å²) in [7, 11) is 0. The highest BCUT2D eigenvalue weighted by Crippen LogP contribution is 2.15. The normalized spacial score (nSPS) is 13.6. The molecule has 0 unspecified atom stereocenters. The Balaban J connectivity index is 4.14. The maximum Gasteiger partial charge on any atom is 0.333 e. The number of nitrogens with two attached hydrogens (primary N) is 2. The van der Waals surface area contributed by atoms with Crippen LogP contribution in [-0.4, -0.2) is 33.7 Å². The lowest BCUT2D eigenvalue weighted by Crippen LogP contribution is -2.10. The summed E-state index contributed by atoms with van der Waals surface area (Å²) in [5, 5.41) is 17.8. The van der Waals surface area contributed by atoms with Gasteiger partial charge in [-0.25, -0.2) is 9.59 Å². The van der Waals surface area contributed by atoms with Crippen molar-refractivity contribution in [3.8, 4) is 0 Å². The van der Waals surface area contributed by atoms with E-state index in [1.165, 1.54) is 11.8 Å². The highest BCUT2D eigenvalue weighted by molar-refractivity contribution is 7.99. The Kier molecular flexibility index (Phi) is 7.74. The lowest BCUT2D eigenvalue weighted by atomic mass is 10.1. The molecule has 0 aliphatic carbocycles. The molecule has 0 bridgehead atoms. The Morgan fingerprint density at radius 3 is 1.42 bits per heavy atom. The minimum Gasteiger partial charge on any atom is -0.478 e. The number of aliphatic carboxylic acids is 2. The number of hydrogen-bond donors (Lipinski definition) is 4. The topological polar surface area (TPSA) is 127 Å². The Morgan fingerprint density at radius 2 is 1.21 bits per heavy atom. The standard InChI is InChI=1S/C12H20N2O4S/c1-7(13)9(11(15)16)3-5-19-6-4-10(8(2)14)12(17)18/h3-6,13-14H2,1-2H3,(H,15,16)(H,17,18)/b9-7-,10-8-. The van der Waals surface area contributed by atoms with Crippen LogP contribution in [0.2, 0.25) is 0 Å². The molecule has 6 nitrogen and oxygen atoms in total. The van der Waals surface area contributed by atoms with Crippen molar-refractivity contribution in [1.29, 1.82) is 0 Å². The maximum absolute atomic E-state index is 10.8. The van der Waals surface area contributed by atoms with Crippen LogP contribution < -0.4 is 11.5 Å². The lowest BCUT2D eigenvalue weighted by Gasteiger charge is -2.06. The second kappa shape index (κ2) is 8.47. The van der Waals surface area contributed by atoms with E-state index in [1.54, 1.807) is 13.8 Å². The third-order valence-corrected chi connectivity index (χ3v) is 3.45. The van der Waals surface area contributed by atoms with Gasteiger partial charge in [-0.3, -0.25) is 0 Å². The second-order valence-corrected chi connectivity index (χ2v) is 5.27. The highest BCUT2D eigenvalue weighted by atomic mass is 32.2. The van der Waals surface area contributed by atoms with Crippen LogP contribution in [0.5, 0.6) is 0 Å². The van der Waals surface area contributed by atoms with Crippen LogP contribution in [0.3, 0.4) is 0 Å². The lowest BCUT2D eigenvalue weighted by molar-refractivity contribution is -0.133. The highest BCUT2D eigenvalue weighted by Gasteiger charge is 2.11. The first kappa shape index (κ1) is 17.4. The number of allylic oxidation sites excluding steroid dienone is 2. The van der Waals surface area contributed by atoms with E-state index in [4.69, 9.17) is 21.7 Å². The minimum atomic E-state index is -1.01. The third-order valence-electron chi connectivity index (χ3n) is 2.46. The Bertz CT molecular complexity index is 370. The van der Waals surface area contributed by atoms with E-state index in [9.17, 15) is 9.59 Å². The van der Waals surface area contributed by atoms with E-state index in [1.807, 2.05) is 0 Å². The van der Waals surface area contributed by atoms with E-state index in [0.717, 1.165) is 0 Å². The molecule has 19 heavy (non-hydrogen) atoms. The van der Waals surface area contributed by atoms with Crippen LogP contribution in [0.4, 0.5) is 0 Å². The van der Waals surface area contributed by atoms with E-state index >= 15 is 0 Å². The first-order valence-corrected chi connectivity index (χ1v) is 6.87. The first-order chi connectivity index (χ1) is 8.77. The summed E-state index contributed by atoms with van der Waals surface area (Å²) in [6.07, 6.45) is 0.714. The molecule has 0 rings (SSSR count). The maximum atomic E-state index is 10.8. The number of carboxylic acids is 2. The predicted octanol–water partition coefficient (Wildman–Crippen LogP) is 1.13. The van der Waals surface area contributed by atoms with Gasteiger partial charge in [0.05, 0.1) is 11.1 Å². The van der Waals surface area contributed by atoms with Crippen LogP contribution in [0.15, 0.2) is 22.5 Å². The third kappa shape index (κ3) is 6.76. The summed E-state index contributed by atoms with van der Waals surface area (Å²) in [5.41, 5.74) is 12.0. The second-order valence-electron chi connectivity index (χ2n) is 4.05. The van der Waals surface area contributed by atoms with Crippen molar-refractivity contribution in [2.75, 3.05) is 11.5 Å². The van der Waals surface area contributed by atoms with Gasteiger partial charge in [0.1, 0.15) is 0 Å². The SMILES string of the molecule is C/C(N)=C(\CCSCC/C(C(=O)O)=C(\C)N)C(=O)O. The van der Waals surface area contributed by atoms with Gasteiger partial charge in [-0.05, 0) is 38.2 Å².